The molecule has 0 fully saturated rings. The summed E-state index contributed by atoms with van der Waals surface area (Å²) in [5.74, 6) is -1.11. The van der Waals surface area contributed by atoms with E-state index in [1.807, 2.05) is 13.0 Å². The second-order valence-corrected chi connectivity index (χ2v) is 3.89. The van der Waals surface area contributed by atoms with E-state index < -0.39 is 5.97 Å². The Hall–Kier alpha value is -1.81. The Morgan fingerprint density at radius 2 is 2.19 bits per heavy atom. The average molecular weight is 237 g/mol. The van der Waals surface area contributed by atoms with Crippen molar-refractivity contribution in [2.75, 3.05) is 5.73 Å². The van der Waals surface area contributed by atoms with E-state index in [9.17, 15) is 4.79 Å². The summed E-state index contributed by atoms with van der Waals surface area (Å²) in [6.45, 7) is 1.87. The molecule has 5 heteroatoms. The summed E-state index contributed by atoms with van der Waals surface area (Å²) >= 11 is 6.00. The number of carbonyl (C=O) groups is 1. The second-order valence-electron chi connectivity index (χ2n) is 3.48. The summed E-state index contributed by atoms with van der Waals surface area (Å²) in [5, 5.41) is 9.83. The standard InChI is InChI=1S/C11H9ClN2O2/c1-5-2-3-7(12)8-9(13)6(11(15)16)4-14-10(5)8/h2-4H,1H3,(H2,13,14)(H,15,16). The molecule has 82 valence electrons. The summed E-state index contributed by atoms with van der Waals surface area (Å²) in [7, 11) is 0. The molecule has 0 unspecified atom stereocenters. The van der Waals surface area contributed by atoms with Gasteiger partial charge in [-0.2, -0.15) is 0 Å². The lowest BCUT2D eigenvalue weighted by Gasteiger charge is -2.08. The first-order chi connectivity index (χ1) is 7.52. The number of fused-ring (bicyclic) bond motifs is 1. The number of aromatic carboxylic acids is 1. The summed E-state index contributed by atoms with van der Waals surface area (Å²) in [4.78, 5) is 15.0. The quantitative estimate of drug-likeness (QED) is 0.798. The van der Waals surface area contributed by atoms with Crippen LogP contribution in [0, 0.1) is 6.92 Å². The van der Waals surface area contributed by atoms with Gasteiger partial charge in [-0.3, -0.25) is 4.98 Å². The zero-order valence-corrected chi connectivity index (χ0v) is 9.25. The van der Waals surface area contributed by atoms with Crippen molar-refractivity contribution >= 4 is 34.2 Å². The monoisotopic (exact) mass is 236 g/mol. The number of hydrogen-bond acceptors (Lipinski definition) is 3. The van der Waals surface area contributed by atoms with Gasteiger partial charge in [0.25, 0.3) is 0 Å². The highest BCUT2D eigenvalue weighted by atomic mass is 35.5. The molecule has 0 radical (unpaired) electrons. The summed E-state index contributed by atoms with van der Waals surface area (Å²) < 4.78 is 0. The van der Waals surface area contributed by atoms with Gasteiger partial charge in [-0.15, -0.1) is 0 Å². The van der Waals surface area contributed by atoms with Gasteiger partial charge in [-0.25, -0.2) is 4.79 Å². The second kappa shape index (κ2) is 3.64. The van der Waals surface area contributed by atoms with Crippen molar-refractivity contribution in [2.45, 2.75) is 6.92 Å². The zero-order chi connectivity index (χ0) is 11.9. The maximum Gasteiger partial charge on any atom is 0.339 e. The van der Waals surface area contributed by atoms with Crippen molar-refractivity contribution in [3.05, 3.63) is 34.5 Å². The Balaban J connectivity index is 2.94. The Labute approximate surface area is 96.7 Å². The number of halogens is 1. The molecule has 16 heavy (non-hydrogen) atoms. The fourth-order valence-electron chi connectivity index (χ4n) is 1.60. The Morgan fingerprint density at radius 1 is 1.50 bits per heavy atom. The molecule has 0 atom stereocenters. The number of carboxylic acids is 1. The Kier molecular flexibility index (Phi) is 2.44. The third kappa shape index (κ3) is 1.47. The predicted octanol–water partition coefficient (Wildman–Crippen LogP) is 2.48. The first-order valence-corrected chi connectivity index (χ1v) is 4.96. The summed E-state index contributed by atoms with van der Waals surface area (Å²) in [5.41, 5.74) is 7.45. The highest BCUT2D eigenvalue weighted by Crippen LogP contribution is 2.31. The summed E-state index contributed by atoms with van der Waals surface area (Å²) in [6, 6.07) is 3.50. The van der Waals surface area contributed by atoms with E-state index in [1.54, 1.807) is 6.07 Å². The molecule has 0 aliphatic carbocycles. The van der Waals surface area contributed by atoms with E-state index in [-0.39, 0.29) is 11.3 Å². The molecule has 4 nitrogen and oxygen atoms in total. The van der Waals surface area contributed by atoms with Gasteiger partial charge in [-0.05, 0) is 18.6 Å². The number of aryl methyl sites for hydroxylation is 1. The molecule has 0 bridgehead atoms. The maximum absolute atomic E-state index is 10.9. The first-order valence-electron chi connectivity index (χ1n) is 4.59. The maximum atomic E-state index is 10.9. The van der Waals surface area contributed by atoms with Crippen LogP contribution in [0.25, 0.3) is 10.9 Å². The molecule has 3 N–H and O–H groups in total. The highest BCUT2D eigenvalue weighted by Gasteiger charge is 2.14. The molecular weight excluding hydrogens is 228 g/mol. The third-order valence-electron chi connectivity index (χ3n) is 2.44. The van der Waals surface area contributed by atoms with Crippen molar-refractivity contribution in [1.82, 2.24) is 4.98 Å². The van der Waals surface area contributed by atoms with Crippen molar-refractivity contribution in [3.63, 3.8) is 0 Å². The van der Waals surface area contributed by atoms with E-state index >= 15 is 0 Å². The van der Waals surface area contributed by atoms with Gasteiger partial charge in [0.1, 0.15) is 5.56 Å². The van der Waals surface area contributed by atoms with E-state index in [4.69, 9.17) is 22.4 Å². The lowest BCUT2D eigenvalue weighted by molar-refractivity contribution is 0.0698. The van der Waals surface area contributed by atoms with Crippen LogP contribution < -0.4 is 5.73 Å². The van der Waals surface area contributed by atoms with Crippen LogP contribution in [0.3, 0.4) is 0 Å². The molecule has 0 aliphatic heterocycles. The molecule has 0 amide bonds. The normalized spacial score (nSPS) is 10.6. The third-order valence-corrected chi connectivity index (χ3v) is 2.76. The fraction of sp³-hybridized carbons (Fsp3) is 0.0909. The molecule has 0 aliphatic rings. The molecule has 1 heterocycles. The minimum absolute atomic E-state index is 0.0278. The lowest BCUT2D eigenvalue weighted by atomic mass is 10.1. The number of anilines is 1. The van der Waals surface area contributed by atoms with Crippen LogP contribution in [0.1, 0.15) is 15.9 Å². The molecule has 0 spiro atoms. The van der Waals surface area contributed by atoms with Gasteiger partial charge in [0.05, 0.1) is 16.2 Å². The molecule has 2 aromatic rings. The topological polar surface area (TPSA) is 76.2 Å². The SMILES string of the molecule is Cc1ccc(Cl)c2c(N)c(C(=O)O)cnc12. The van der Waals surface area contributed by atoms with E-state index in [1.165, 1.54) is 6.20 Å². The largest absolute Gasteiger partial charge is 0.478 e. The molecule has 0 saturated heterocycles. The van der Waals surface area contributed by atoms with Crippen LogP contribution in [0.2, 0.25) is 5.02 Å². The number of benzene rings is 1. The van der Waals surface area contributed by atoms with Gasteiger partial charge >= 0.3 is 5.97 Å². The molecule has 2 rings (SSSR count). The molecular formula is C11H9ClN2O2. The van der Waals surface area contributed by atoms with Gasteiger partial charge in [0.2, 0.25) is 0 Å². The Bertz CT molecular complexity index is 596. The van der Waals surface area contributed by atoms with Gasteiger partial charge in [0, 0.05) is 11.6 Å². The number of nitrogens with zero attached hydrogens (tertiary/aromatic N) is 1. The Morgan fingerprint density at radius 3 is 2.81 bits per heavy atom. The van der Waals surface area contributed by atoms with Crippen LogP contribution >= 0.6 is 11.6 Å². The summed E-state index contributed by atoms with van der Waals surface area (Å²) in [6.07, 6.45) is 1.25. The van der Waals surface area contributed by atoms with Crippen molar-refractivity contribution in [3.8, 4) is 0 Å². The fourth-order valence-corrected chi connectivity index (χ4v) is 1.85. The average Bonchev–Trinajstić information content (AvgIpc) is 2.23. The number of rotatable bonds is 1. The molecule has 1 aromatic carbocycles. The van der Waals surface area contributed by atoms with Crippen LogP contribution in [-0.4, -0.2) is 16.1 Å². The number of carboxylic acid groups (broad SMARTS) is 1. The first kappa shape index (κ1) is 10.7. The minimum Gasteiger partial charge on any atom is -0.478 e. The highest BCUT2D eigenvalue weighted by molar-refractivity contribution is 6.36. The van der Waals surface area contributed by atoms with E-state index in [0.717, 1.165) is 5.56 Å². The van der Waals surface area contributed by atoms with Gasteiger partial charge in [-0.1, -0.05) is 17.7 Å². The van der Waals surface area contributed by atoms with Crippen LogP contribution in [-0.2, 0) is 0 Å². The van der Waals surface area contributed by atoms with Crippen LogP contribution in [0.4, 0.5) is 5.69 Å². The van der Waals surface area contributed by atoms with Crippen LogP contribution in [0.15, 0.2) is 18.3 Å². The number of nitrogen functional groups attached to an aromatic ring is 1. The van der Waals surface area contributed by atoms with Crippen molar-refractivity contribution in [1.29, 1.82) is 0 Å². The zero-order valence-electron chi connectivity index (χ0n) is 8.49. The molecule has 1 aromatic heterocycles. The molecule has 0 saturated carbocycles. The number of pyridine rings is 1. The smallest absolute Gasteiger partial charge is 0.339 e. The lowest BCUT2D eigenvalue weighted by Crippen LogP contribution is -2.04. The van der Waals surface area contributed by atoms with Crippen LogP contribution in [0.5, 0.6) is 0 Å². The number of hydrogen-bond donors (Lipinski definition) is 2. The number of aromatic nitrogens is 1. The minimum atomic E-state index is -1.11. The van der Waals surface area contributed by atoms with Gasteiger partial charge in [0.15, 0.2) is 0 Å². The predicted molar refractivity (Wildman–Crippen MR) is 62.9 cm³/mol. The van der Waals surface area contributed by atoms with Gasteiger partial charge < -0.3 is 10.8 Å². The van der Waals surface area contributed by atoms with E-state index in [2.05, 4.69) is 4.98 Å². The van der Waals surface area contributed by atoms with Crippen molar-refractivity contribution in [2.24, 2.45) is 0 Å². The van der Waals surface area contributed by atoms with Crippen molar-refractivity contribution < 1.29 is 9.90 Å². The van der Waals surface area contributed by atoms with E-state index in [0.29, 0.717) is 15.9 Å². The number of nitrogens with two attached hydrogens (primary N) is 1.